The number of benzene rings is 2. The van der Waals surface area contributed by atoms with Crippen molar-refractivity contribution in [3.63, 3.8) is 0 Å². The van der Waals surface area contributed by atoms with Gasteiger partial charge in [0.25, 0.3) is 0 Å². The van der Waals surface area contributed by atoms with Crippen LogP contribution in [0.15, 0.2) is 54.6 Å². The minimum Gasteiger partial charge on any atom is -0.494 e. The lowest BCUT2D eigenvalue weighted by Crippen LogP contribution is -2.55. The van der Waals surface area contributed by atoms with Crippen LogP contribution in [0.4, 0.5) is 18.9 Å². The molecule has 0 spiro atoms. The van der Waals surface area contributed by atoms with Gasteiger partial charge in [-0.2, -0.15) is 13.2 Å². The second-order valence-corrected chi connectivity index (χ2v) is 7.84. The minimum atomic E-state index is -5.06. The maximum atomic E-state index is 13.0. The Morgan fingerprint density at radius 2 is 1.68 bits per heavy atom. The van der Waals surface area contributed by atoms with E-state index in [9.17, 15) is 23.1 Å². The number of alkyl halides is 3. The number of carbonyl (C=O) groups excluding carboxylic acids is 1. The fourth-order valence-corrected chi connectivity index (χ4v) is 3.01. The van der Waals surface area contributed by atoms with Crippen LogP contribution in [-0.4, -0.2) is 42.5 Å². The maximum absolute atomic E-state index is 13.0. The number of hydrogen-bond acceptors (Lipinski definition) is 4. The van der Waals surface area contributed by atoms with Gasteiger partial charge in [0, 0.05) is 12.2 Å². The summed E-state index contributed by atoms with van der Waals surface area (Å²) in [5.74, 6) is -1.53. The molecule has 0 aliphatic heterocycles. The van der Waals surface area contributed by atoms with Crippen LogP contribution in [0.2, 0.25) is 0 Å². The number of anilines is 1. The van der Waals surface area contributed by atoms with Crippen molar-refractivity contribution in [2.24, 2.45) is 5.73 Å². The van der Waals surface area contributed by atoms with Crippen molar-refractivity contribution in [3.05, 3.63) is 60.2 Å². The van der Waals surface area contributed by atoms with E-state index in [0.717, 1.165) is 25.7 Å². The molecule has 1 amide bonds. The van der Waals surface area contributed by atoms with Gasteiger partial charge in [-0.3, -0.25) is 4.79 Å². The van der Waals surface area contributed by atoms with Gasteiger partial charge in [-0.25, -0.2) is 0 Å². The number of hydrogen-bond donors (Lipinski definition) is 2. The van der Waals surface area contributed by atoms with E-state index in [-0.39, 0.29) is 5.69 Å². The van der Waals surface area contributed by atoms with Crippen molar-refractivity contribution in [2.45, 2.75) is 44.3 Å². The van der Waals surface area contributed by atoms with Crippen molar-refractivity contribution < 1.29 is 27.8 Å². The molecule has 0 aliphatic carbocycles. The first-order valence-electron chi connectivity index (χ1n) is 10.2. The lowest BCUT2D eigenvalue weighted by atomic mass is 10.0. The van der Waals surface area contributed by atoms with Crippen LogP contribution in [0, 0.1) is 0 Å². The molecular formula is C23H29F3N2O3. The Morgan fingerprint density at radius 1 is 1.03 bits per heavy atom. The summed E-state index contributed by atoms with van der Waals surface area (Å²) < 4.78 is 44.7. The number of unbranched alkanes of at least 4 members (excludes halogenated alkanes) is 2. The van der Waals surface area contributed by atoms with Gasteiger partial charge in [-0.15, -0.1) is 0 Å². The first-order chi connectivity index (χ1) is 14.6. The molecule has 0 saturated heterocycles. The van der Waals surface area contributed by atoms with Crippen molar-refractivity contribution in [1.82, 2.24) is 0 Å². The van der Waals surface area contributed by atoms with Gasteiger partial charge in [0.2, 0.25) is 0 Å². The highest BCUT2D eigenvalue weighted by Gasteiger charge is 2.44. The zero-order valence-corrected chi connectivity index (χ0v) is 17.6. The summed E-state index contributed by atoms with van der Waals surface area (Å²) in [4.78, 5) is 12.4. The summed E-state index contributed by atoms with van der Waals surface area (Å²) in [5.41, 5.74) is 5.72. The summed E-state index contributed by atoms with van der Waals surface area (Å²) >= 11 is 0. The highest BCUT2D eigenvalue weighted by atomic mass is 19.4. The number of rotatable bonds is 11. The second kappa shape index (κ2) is 11.2. The van der Waals surface area contributed by atoms with E-state index in [1.165, 1.54) is 36.8 Å². The highest BCUT2D eigenvalue weighted by Crippen LogP contribution is 2.27. The summed E-state index contributed by atoms with van der Waals surface area (Å²) in [6.07, 6.45) is -1.15. The Morgan fingerprint density at radius 3 is 2.26 bits per heavy atom. The molecule has 0 saturated carbocycles. The van der Waals surface area contributed by atoms with Gasteiger partial charge in [0.05, 0.1) is 18.8 Å². The number of carbonyl (C=O) groups is 1. The first kappa shape index (κ1) is 24.7. The number of aliphatic hydroxyl groups excluding tert-OH is 1. The second-order valence-electron chi connectivity index (χ2n) is 7.84. The molecule has 8 heteroatoms. The molecule has 0 fully saturated rings. The predicted octanol–water partition coefficient (Wildman–Crippen LogP) is 4.08. The molecule has 0 heterocycles. The van der Waals surface area contributed by atoms with E-state index < -0.39 is 30.8 Å². The summed E-state index contributed by atoms with van der Waals surface area (Å²) in [6, 6.07) is 16.0. The van der Waals surface area contributed by atoms with Gasteiger partial charge in [0.15, 0.2) is 0 Å². The van der Waals surface area contributed by atoms with Crippen LogP contribution in [0.25, 0.3) is 0 Å². The van der Waals surface area contributed by atoms with E-state index in [1.54, 1.807) is 0 Å². The number of aliphatic hydroxyl groups is 1. The number of ether oxygens (including phenoxy) is 1. The Bertz CT molecular complexity index is 809. The van der Waals surface area contributed by atoms with Crippen molar-refractivity contribution in [1.29, 1.82) is 0 Å². The molecule has 1 atom stereocenters. The fourth-order valence-electron chi connectivity index (χ4n) is 3.01. The van der Waals surface area contributed by atoms with Gasteiger partial charge in [0.1, 0.15) is 5.75 Å². The summed E-state index contributed by atoms with van der Waals surface area (Å²) in [6.45, 7) is 0.813. The third-order valence-corrected chi connectivity index (χ3v) is 4.74. The van der Waals surface area contributed by atoms with Gasteiger partial charge < -0.3 is 20.5 Å². The average molecular weight is 438 g/mol. The molecule has 0 bridgehead atoms. The fraction of sp³-hybridized carbons (Fsp3) is 0.435. The SMILES string of the molecule is C[C@@](N)(CO)CN(C(=O)C(F)(F)F)c1ccc(OCCCCCc2ccccc2)cc1. The van der Waals surface area contributed by atoms with E-state index >= 15 is 0 Å². The molecule has 31 heavy (non-hydrogen) atoms. The van der Waals surface area contributed by atoms with Crippen LogP contribution < -0.4 is 15.4 Å². The quantitative estimate of drug-likeness (QED) is 0.519. The smallest absolute Gasteiger partial charge is 0.471 e. The molecule has 0 aliphatic rings. The number of amides is 1. The third-order valence-electron chi connectivity index (χ3n) is 4.74. The molecule has 2 rings (SSSR count). The van der Waals surface area contributed by atoms with Gasteiger partial charge in [-0.1, -0.05) is 30.3 Å². The van der Waals surface area contributed by atoms with Crippen LogP contribution in [0.1, 0.15) is 31.7 Å². The maximum Gasteiger partial charge on any atom is 0.471 e. The predicted molar refractivity (Wildman–Crippen MR) is 114 cm³/mol. The standard InChI is InChI=1S/C23H29F3N2O3/c1-22(27,17-29)16-28(21(30)23(24,25)26)19-11-13-20(14-12-19)31-15-7-3-6-10-18-8-4-2-5-9-18/h2,4-5,8-9,11-14,29H,3,6-7,10,15-17,27H2,1H3/t22-/m0/s1. The van der Waals surface area contributed by atoms with Crippen LogP contribution >= 0.6 is 0 Å². The Balaban J connectivity index is 1.88. The van der Waals surface area contributed by atoms with E-state index in [1.807, 2.05) is 18.2 Å². The molecule has 0 aromatic heterocycles. The van der Waals surface area contributed by atoms with Crippen molar-refractivity contribution >= 4 is 11.6 Å². The summed E-state index contributed by atoms with van der Waals surface area (Å²) in [7, 11) is 0. The molecule has 0 unspecified atom stereocenters. The highest BCUT2D eigenvalue weighted by molar-refractivity contribution is 5.97. The summed E-state index contributed by atoms with van der Waals surface area (Å²) in [5, 5.41) is 9.28. The Kier molecular flexibility index (Phi) is 8.88. The zero-order valence-electron chi connectivity index (χ0n) is 17.6. The number of aryl methyl sites for hydroxylation is 1. The molecule has 2 aromatic carbocycles. The van der Waals surface area contributed by atoms with Gasteiger partial charge >= 0.3 is 12.1 Å². The monoisotopic (exact) mass is 438 g/mol. The molecule has 0 radical (unpaired) electrons. The topological polar surface area (TPSA) is 75.8 Å². The molecule has 3 N–H and O–H groups in total. The number of nitrogens with zero attached hydrogens (tertiary/aromatic N) is 1. The average Bonchev–Trinajstić information content (AvgIpc) is 2.74. The Labute approximate surface area is 180 Å². The number of nitrogens with two attached hydrogens (primary N) is 1. The normalized spacial score (nSPS) is 13.5. The van der Waals surface area contributed by atoms with Crippen molar-refractivity contribution in [3.8, 4) is 5.75 Å². The minimum absolute atomic E-state index is 0.0302. The number of halogens is 3. The van der Waals surface area contributed by atoms with Crippen LogP contribution in [-0.2, 0) is 11.2 Å². The lowest BCUT2D eigenvalue weighted by Gasteiger charge is -2.31. The van der Waals surface area contributed by atoms with Crippen molar-refractivity contribution in [2.75, 3.05) is 24.7 Å². The zero-order chi connectivity index (χ0) is 22.9. The Hall–Kier alpha value is -2.58. The molecular weight excluding hydrogens is 409 g/mol. The van der Waals surface area contributed by atoms with E-state index in [2.05, 4.69) is 12.1 Å². The third kappa shape index (κ3) is 8.22. The molecule has 2 aromatic rings. The first-order valence-corrected chi connectivity index (χ1v) is 10.2. The van der Waals surface area contributed by atoms with E-state index in [4.69, 9.17) is 10.5 Å². The van der Waals surface area contributed by atoms with Crippen LogP contribution in [0.3, 0.4) is 0 Å². The van der Waals surface area contributed by atoms with Crippen LogP contribution in [0.5, 0.6) is 5.75 Å². The molecule has 5 nitrogen and oxygen atoms in total. The van der Waals surface area contributed by atoms with Gasteiger partial charge in [-0.05, 0) is 62.4 Å². The largest absolute Gasteiger partial charge is 0.494 e. The lowest BCUT2D eigenvalue weighted by molar-refractivity contribution is -0.170. The van der Waals surface area contributed by atoms with E-state index in [0.29, 0.717) is 17.3 Å². The molecule has 170 valence electrons.